The number of ether oxygens (including phenoxy) is 3. The summed E-state index contributed by atoms with van der Waals surface area (Å²) in [6, 6.07) is 10.9. The lowest BCUT2D eigenvalue weighted by Crippen LogP contribution is -2.45. The van der Waals surface area contributed by atoms with Gasteiger partial charge in [-0.15, -0.1) is 11.3 Å². The van der Waals surface area contributed by atoms with Crippen molar-refractivity contribution in [3.63, 3.8) is 0 Å². The molecular formula is C26H33NO8S2. The molecule has 1 unspecified atom stereocenters. The number of esters is 1. The Morgan fingerprint density at radius 1 is 1.11 bits per heavy atom. The first-order chi connectivity index (χ1) is 17.8. The molecular weight excluding hydrogens is 518 g/mol. The zero-order valence-electron chi connectivity index (χ0n) is 20.9. The van der Waals surface area contributed by atoms with Gasteiger partial charge >= 0.3 is 5.97 Å². The molecule has 3 heterocycles. The van der Waals surface area contributed by atoms with Gasteiger partial charge in [-0.2, -0.15) is 0 Å². The zero-order chi connectivity index (χ0) is 26.3. The van der Waals surface area contributed by atoms with E-state index < -0.39 is 32.8 Å². The van der Waals surface area contributed by atoms with Gasteiger partial charge in [0.15, 0.2) is 22.7 Å². The van der Waals surface area contributed by atoms with Gasteiger partial charge in [0.05, 0.1) is 18.8 Å². The van der Waals surface area contributed by atoms with E-state index in [2.05, 4.69) is 5.48 Å². The van der Waals surface area contributed by atoms with Crippen molar-refractivity contribution >= 4 is 33.1 Å². The van der Waals surface area contributed by atoms with Crippen LogP contribution in [0.5, 0.6) is 5.75 Å². The van der Waals surface area contributed by atoms with Gasteiger partial charge in [-0.3, -0.25) is 4.79 Å². The van der Waals surface area contributed by atoms with Crippen LogP contribution in [0.1, 0.15) is 56.7 Å². The second-order valence-corrected chi connectivity index (χ2v) is 12.7. The second kappa shape index (κ2) is 12.4. The summed E-state index contributed by atoms with van der Waals surface area (Å²) < 4.78 is 41.3. The molecule has 202 valence electrons. The molecule has 9 nitrogen and oxygen atoms in total. The van der Waals surface area contributed by atoms with Crippen LogP contribution >= 0.6 is 11.3 Å². The van der Waals surface area contributed by atoms with E-state index in [9.17, 15) is 18.0 Å². The maximum Gasteiger partial charge on any atom is 0.344 e. The Balaban J connectivity index is 1.49. The first kappa shape index (κ1) is 27.6. The summed E-state index contributed by atoms with van der Waals surface area (Å²) in [6.07, 6.45) is 3.57. The van der Waals surface area contributed by atoms with Gasteiger partial charge in [0, 0.05) is 22.8 Å². The lowest BCUT2D eigenvalue weighted by Gasteiger charge is -2.35. The number of carbonyl (C=O) groups excluding carboxylic acids is 2. The molecule has 1 aromatic heterocycles. The lowest BCUT2D eigenvalue weighted by molar-refractivity contribution is -0.200. The molecule has 4 rings (SSSR count). The first-order valence-corrected chi connectivity index (χ1v) is 15.1. The molecule has 0 bridgehead atoms. The fourth-order valence-electron chi connectivity index (χ4n) is 4.64. The van der Waals surface area contributed by atoms with Crippen molar-refractivity contribution in [1.82, 2.24) is 5.48 Å². The third-order valence-electron chi connectivity index (χ3n) is 6.58. The van der Waals surface area contributed by atoms with Crippen LogP contribution in [0.15, 0.2) is 36.4 Å². The minimum atomic E-state index is -3.57. The van der Waals surface area contributed by atoms with E-state index in [4.69, 9.17) is 19.0 Å². The molecule has 2 aliphatic heterocycles. The number of hydrogen-bond donors (Lipinski definition) is 1. The predicted molar refractivity (Wildman–Crippen MR) is 139 cm³/mol. The Bertz CT molecular complexity index is 1170. The Labute approximate surface area is 221 Å². The molecule has 11 heteroatoms. The van der Waals surface area contributed by atoms with Crippen LogP contribution in [0.4, 0.5) is 0 Å². The average Bonchev–Trinajstić information content (AvgIpc) is 3.39. The topological polar surface area (TPSA) is 117 Å². The van der Waals surface area contributed by atoms with Gasteiger partial charge in [0.2, 0.25) is 5.91 Å². The molecule has 1 amide bonds. The summed E-state index contributed by atoms with van der Waals surface area (Å²) in [5.41, 5.74) is 3.31. The molecule has 1 aromatic carbocycles. The van der Waals surface area contributed by atoms with Gasteiger partial charge in [0.25, 0.3) is 0 Å². The molecule has 0 saturated carbocycles. The molecule has 0 spiro atoms. The normalized spacial score (nSPS) is 23.2. The van der Waals surface area contributed by atoms with Crippen LogP contribution in [-0.4, -0.2) is 52.2 Å². The van der Waals surface area contributed by atoms with Crippen molar-refractivity contribution in [3.8, 4) is 16.2 Å². The predicted octanol–water partition coefficient (Wildman–Crippen LogP) is 4.12. The largest absolute Gasteiger partial charge is 0.482 e. The zero-order valence-corrected chi connectivity index (χ0v) is 22.5. The van der Waals surface area contributed by atoms with Crippen LogP contribution < -0.4 is 10.2 Å². The standard InChI is InChI=1S/C26H33NO8S2/c1-2-32-24(29)18-34-20-10-8-19(9-11-20)21-12-13-22(36-21)26(14-4-6-16-37(26,30)31)17-23(28)27-35-25-7-3-5-15-33-25/h8-13,25H,2-7,14-18H2,1H3,(H,27,28)/t25?,26-/m0/s1. The second-order valence-electron chi connectivity index (χ2n) is 9.17. The number of sulfone groups is 1. The fraction of sp³-hybridized carbons (Fsp3) is 0.538. The van der Waals surface area contributed by atoms with E-state index in [0.717, 1.165) is 29.7 Å². The van der Waals surface area contributed by atoms with Crippen molar-refractivity contribution in [2.75, 3.05) is 25.6 Å². The monoisotopic (exact) mass is 551 g/mol. The van der Waals surface area contributed by atoms with Gasteiger partial charge in [-0.1, -0.05) is 6.42 Å². The van der Waals surface area contributed by atoms with Crippen molar-refractivity contribution in [2.45, 2.75) is 62.9 Å². The SMILES string of the molecule is CCOC(=O)COc1ccc(-c2ccc([C@@]3(CC(=O)NOC4CCCCO4)CCCCS3(=O)=O)s2)cc1. The van der Waals surface area contributed by atoms with E-state index >= 15 is 0 Å². The molecule has 37 heavy (non-hydrogen) atoms. The van der Waals surface area contributed by atoms with E-state index in [1.54, 1.807) is 19.1 Å². The van der Waals surface area contributed by atoms with Crippen LogP contribution in [0.2, 0.25) is 0 Å². The van der Waals surface area contributed by atoms with E-state index in [1.807, 2.05) is 24.3 Å². The molecule has 2 saturated heterocycles. The molecule has 2 atom stereocenters. The summed E-state index contributed by atoms with van der Waals surface area (Å²) >= 11 is 1.37. The van der Waals surface area contributed by atoms with Crippen molar-refractivity contribution < 1.29 is 37.1 Å². The number of nitrogens with one attached hydrogen (secondary N) is 1. The van der Waals surface area contributed by atoms with Crippen LogP contribution in [0, 0.1) is 0 Å². The van der Waals surface area contributed by atoms with Crippen LogP contribution in [-0.2, 0) is 38.5 Å². The van der Waals surface area contributed by atoms with E-state index in [1.165, 1.54) is 11.3 Å². The Morgan fingerprint density at radius 2 is 1.92 bits per heavy atom. The third kappa shape index (κ3) is 6.70. The van der Waals surface area contributed by atoms with Gasteiger partial charge in [-0.25, -0.2) is 23.5 Å². The van der Waals surface area contributed by atoms with Crippen molar-refractivity contribution in [3.05, 3.63) is 41.3 Å². The summed E-state index contributed by atoms with van der Waals surface area (Å²) in [7, 11) is -3.57. The number of hydrogen-bond acceptors (Lipinski definition) is 9. The highest BCUT2D eigenvalue weighted by molar-refractivity contribution is 7.92. The van der Waals surface area contributed by atoms with Gasteiger partial charge < -0.3 is 14.2 Å². The Kier molecular flexibility index (Phi) is 9.22. The summed E-state index contributed by atoms with van der Waals surface area (Å²) in [4.78, 5) is 31.3. The fourth-order valence-corrected chi connectivity index (χ4v) is 8.43. The molecule has 2 fully saturated rings. The lowest BCUT2D eigenvalue weighted by atomic mass is 9.94. The number of hydroxylamine groups is 1. The summed E-state index contributed by atoms with van der Waals surface area (Å²) in [5, 5.41) is 0. The highest BCUT2D eigenvalue weighted by Crippen LogP contribution is 2.47. The van der Waals surface area contributed by atoms with Gasteiger partial charge in [0.1, 0.15) is 10.5 Å². The maximum atomic E-state index is 13.4. The quantitative estimate of drug-likeness (QED) is 0.346. The number of rotatable bonds is 10. The van der Waals surface area contributed by atoms with E-state index in [0.29, 0.717) is 43.1 Å². The molecule has 0 radical (unpaired) electrons. The number of thiophene rings is 1. The summed E-state index contributed by atoms with van der Waals surface area (Å²) in [6.45, 7) is 2.44. The smallest absolute Gasteiger partial charge is 0.344 e. The van der Waals surface area contributed by atoms with E-state index in [-0.39, 0.29) is 18.8 Å². The highest BCUT2D eigenvalue weighted by Gasteiger charge is 2.49. The minimum absolute atomic E-state index is 0.0482. The van der Waals surface area contributed by atoms with Crippen LogP contribution in [0.25, 0.3) is 10.4 Å². The Hall–Kier alpha value is -2.47. The highest BCUT2D eigenvalue weighted by atomic mass is 32.2. The molecule has 2 aliphatic rings. The van der Waals surface area contributed by atoms with Crippen molar-refractivity contribution in [2.24, 2.45) is 0 Å². The Morgan fingerprint density at radius 3 is 2.62 bits per heavy atom. The molecule has 1 N–H and O–H groups in total. The molecule has 2 aromatic rings. The average molecular weight is 552 g/mol. The van der Waals surface area contributed by atoms with Gasteiger partial charge in [-0.05, 0) is 74.6 Å². The van der Waals surface area contributed by atoms with Crippen molar-refractivity contribution in [1.29, 1.82) is 0 Å². The molecule has 0 aliphatic carbocycles. The number of amides is 1. The number of carbonyl (C=O) groups is 2. The number of benzene rings is 1. The maximum absolute atomic E-state index is 13.4. The van der Waals surface area contributed by atoms with Crippen LogP contribution in [0.3, 0.4) is 0 Å². The minimum Gasteiger partial charge on any atom is -0.482 e. The first-order valence-electron chi connectivity index (χ1n) is 12.6. The third-order valence-corrected chi connectivity index (χ3v) is 10.6. The summed E-state index contributed by atoms with van der Waals surface area (Å²) in [5.74, 6) is -0.336.